The number of nitrogens with one attached hydrogen (secondary N) is 2. The summed E-state index contributed by atoms with van der Waals surface area (Å²) in [4.78, 5) is 27.9. The van der Waals surface area contributed by atoms with Crippen LogP contribution in [0.1, 0.15) is 48.9 Å². The van der Waals surface area contributed by atoms with E-state index in [2.05, 4.69) is 10.3 Å². The number of methoxy groups -OCH3 is 1. The van der Waals surface area contributed by atoms with Crippen LogP contribution in [0, 0.1) is 0 Å². The van der Waals surface area contributed by atoms with Gasteiger partial charge in [0, 0.05) is 23.1 Å². The summed E-state index contributed by atoms with van der Waals surface area (Å²) in [5.74, 6) is -0.343. The van der Waals surface area contributed by atoms with Crippen molar-refractivity contribution in [2.75, 3.05) is 7.11 Å². The van der Waals surface area contributed by atoms with E-state index >= 15 is 0 Å². The number of benzene rings is 1. The Morgan fingerprint density at radius 3 is 2.61 bits per heavy atom. The minimum atomic E-state index is -0.513. The van der Waals surface area contributed by atoms with Gasteiger partial charge in [0.2, 0.25) is 0 Å². The first kappa shape index (κ1) is 15.6. The Morgan fingerprint density at radius 2 is 1.91 bits per heavy atom. The number of ketones is 1. The smallest absolute Gasteiger partial charge is 0.292 e. The van der Waals surface area contributed by atoms with Gasteiger partial charge in [-0.3, -0.25) is 9.59 Å². The summed E-state index contributed by atoms with van der Waals surface area (Å²) in [5, 5.41) is 3.62. The number of amides is 1. The van der Waals surface area contributed by atoms with Crippen LogP contribution in [-0.4, -0.2) is 29.8 Å². The number of carbonyl (C=O) groups is 2. The van der Waals surface area contributed by atoms with E-state index in [0.717, 1.165) is 31.2 Å². The third kappa shape index (κ3) is 3.38. The van der Waals surface area contributed by atoms with Gasteiger partial charge >= 0.3 is 0 Å². The second-order valence-corrected chi connectivity index (χ2v) is 6.10. The monoisotopic (exact) mass is 314 g/mol. The predicted molar refractivity (Wildman–Crippen MR) is 88.8 cm³/mol. The first-order valence-electron chi connectivity index (χ1n) is 8.19. The molecule has 3 rings (SSSR count). The topological polar surface area (TPSA) is 71.2 Å². The molecule has 1 heterocycles. The van der Waals surface area contributed by atoms with Crippen LogP contribution < -0.4 is 10.1 Å². The van der Waals surface area contributed by atoms with Crippen LogP contribution in [0.2, 0.25) is 0 Å². The Balaban J connectivity index is 1.77. The Morgan fingerprint density at radius 1 is 1.17 bits per heavy atom. The molecular formula is C18H22N2O3. The van der Waals surface area contributed by atoms with Crippen LogP contribution in [0.5, 0.6) is 5.75 Å². The number of aromatic nitrogens is 1. The second kappa shape index (κ2) is 6.86. The van der Waals surface area contributed by atoms with Crippen molar-refractivity contribution in [1.29, 1.82) is 0 Å². The van der Waals surface area contributed by atoms with Crippen LogP contribution in [0.15, 0.2) is 24.4 Å². The van der Waals surface area contributed by atoms with Gasteiger partial charge in [0.15, 0.2) is 0 Å². The summed E-state index contributed by atoms with van der Waals surface area (Å²) >= 11 is 0. The van der Waals surface area contributed by atoms with E-state index in [1.165, 1.54) is 12.8 Å². The number of carbonyl (C=O) groups excluding carboxylic acids is 2. The molecule has 1 saturated carbocycles. The zero-order valence-corrected chi connectivity index (χ0v) is 13.4. The van der Waals surface area contributed by atoms with Gasteiger partial charge in [-0.05, 0) is 31.0 Å². The highest BCUT2D eigenvalue weighted by Crippen LogP contribution is 2.24. The van der Waals surface area contributed by atoms with Crippen molar-refractivity contribution in [3.05, 3.63) is 30.0 Å². The highest BCUT2D eigenvalue weighted by molar-refractivity contribution is 6.45. The molecule has 1 aliphatic carbocycles. The van der Waals surface area contributed by atoms with Crippen LogP contribution in [0.3, 0.4) is 0 Å². The highest BCUT2D eigenvalue weighted by Gasteiger charge is 2.23. The Bertz CT molecular complexity index is 712. The molecule has 1 aromatic heterocycles. The minimum Gasteiger partial charge on any atom is -0.497 e. The molecule has 5 nitrogen and oxygen atoms in total. The molecule has 0 saturated heterocycles. The van der Waals surface area contributed by atoms with Crippen molar-refractivity contribution < 1.29 is 14.3 Å². The quantitative estimate of drug-likeness (QED) is 0.517. The van der Waals surface area contributed by atoms with Crippen LogP contribution in [0.25, 0.3) is 10.9 Å². The maximum Gasteiger partial charge on any atom is 0.292 e. The summed E-state index contributed by atoms with van der Waals surface area (Å²) in [6.07, 6.45) is 8.17. The number of H-pyrrole nitrogens is 1. The lowest BCUT2D eigenvalue weighted by molar-refractivity contribution is -0.117. The Kier molecular flexibility index (Phi) is 4.65. The SMILES string of the molecule is COc1ccc2[nH]cc(C(=O)C(=O)NC3CCCCCC3)c2c1. The molecule has 23 heavy (non-hydrogen) atoms. The molecular weight excluding hydrogens is 292 g/mol. The molecule has 0 unspecified atom stereocenters. The first-order chi connectivity index (χ1) is 11.2. The molecule has 1 fully saturated rings. The molecule has 2 aromatic rings. The van der Waals surface area contributed by atoms with E-state index < -0.39 is 11.7 Å². The molecule has 5 heteroatoms. The number of aromatic amines is 1. The van der Waals surface area contributed by atoms with Crippen LogP contribution in [-0.2, 0) is 4.79 Å². The molecule has 1 aromatic carbocycles. The second-order valence-electron chi connectivity index (χ2n) is 6.10. The molecule has 0 bridgehead atoms. The van der Waals surface area contributed by atoms with Crippen LogP contribution in [0.4, 0.5) is 0 Å². The average molecular weight is 314 g/mol. The third-order valence-corrected chi connectivity index (χ3v) is 4.53. The fraction of sp³-hybridized carbons (Fsp3) is 0.444. The van der Waals surface area contributed by atoms with Gasteiger partial charge in [-0.25, -0.2) is 0 Å². The van der Waals surface area contributed by atoms with Gasteiger partial charge in [0.1, 0.15) is 5.75 Å². The van der Waals surface area contributed by atoms with E-state index in [9.17, 15) is 9.59 Å². The maximum atomic E-state index is 12.5. The Hall–Kier alpha value is -2.30. The molecule has 1 aliphatic rings. The molecule has 2 N–H and O–H groups in total. The van der Waals surface area contributed by atoms with Gasteiger partial charge in [0.05, 0.1) is 12.7 Å². The van der Waals surface area contributed by atoms with Crippen molar-refractivity contribution in [3.63, 3.8) is 0 Å². The number of hydrogen-bond donors (Lipinski definition) is 2. The lowest BCUT2D eigenvalue weighted by atomic mass is 10.1. The van der Waals surface area contributed by atoms with Gasteiger partial charge in [0.25, 0.3) is 11.7 Å². The van der Waals surface area contributed by atoms with Gasteiger partial charge < -0.3 is 15.0 Å². The van der Waals surface area contributed by atoms with Crippen molar-refractivity contribution in [2.24, 2.45) is 0 Å². The van der Waals surface area contributed by atoms with Gasteiger partial charge in [-0.2, -0.15) is 0 Å². The van der Waals surface area contributed by atoms with E-state index in [-0.39, 0.29) is 6.04 Å². The first-order valence-corrected chi connectivity index (χ1v) is 8.19. The highest BCUT2D eigenvalue weighted by atomic mass is 16.5. The molecule has 0 atom stereocenters. The maximum absolute atomic E-state index is 12.5. The number of rotatable bonds is 4. The predicted octanol–water partition coefficient (Wildman–Crippen LogP) is 3.20. The van der Waals surface area contributed by atoms with Crippen molar-refractivity contribution in [3.8, 4) is 5.75 Å². The summed E-state index contributed by atoms with van der Waals surface area (Å²) < 4.78 is 5.20. The average Bonchev–Trinajstić information content (AvgIpc) is 2.82. The Labute approximate surface area is 135 Å². The van der Waals surface area contributed by atoms with Crippen molar-refractivity contribution in [1.82, 2.24) is 10.3 Å². The van der Waals surface area contributed by atoms with E-state index in [1.54, 1.807) is 19.4 Å². The fourth-order valence-corrected chi connectivity index (χ4v) is 3.21. The van der Waals surface area contributed by atoms with Gasteiger partial charge in [-0.15, -0.1) is 0 Å². The zero-order valence-electron chi connectivity index (χ0n) is 13.4. The molecule has 0 aliphatic heterocycles. The zero-order chi connectivity index (χ0) is 16.2. The van der Waals surface area contributed by atoms with Crippen LogP contribution >= 0.6 is 0 Å². The number of fused-ring (bicyclic) bond motifs is 1. The summed E-state index contributed by atoms with van der Waals surface area (Å²) in [7, 11) is 1.58. The summed E-state index contributed by atoms with van der Waals surface area (Å²) in [6, 6.07) is 5.55. The number of ether oxygens (including phenoxy) is 1. The van der Waals surface area contributed by atoms with Crippen molar-refractivity contribution in [2.45, 2.75) is 44.6 Å². The number of Topliss-reactive ketones (excluding diaryl/α,β-unsaturated/α-hetero) is 1. The van der Waals surface area contributed by atoms with E-state index in [0.29, 0.717) is 16.7 Å². The van der Waals surface area contributed by atoms with E-state index in [1.807, 2.05) is 12.1 Å². The summed E-state index contributed by atoms with van der Waals surface area (Å²) in [5.41, 5.74) is 1.21. The molecule has 0 radical (unpaired) electrons. The molecule has 1 amide bonds. The van der Waals surface area contributed by atoms with Gasteiger partial charge in [-0.1, -0.05) is 25.7 Å². The number of hydrogen-bond acceptors (Lipinski definition) is 3. The summed E-state index contributed by atoms with van der Waals surface area (Å²) in [6.45, 7) is 0. The minimum absolute atomic E-state index is 0.119. The normalized spacial score (nSPS) is 16.0. The third-order valence-electron chi connectivity index (χ3n) is 4.53. The standard InChI is InChI=1S/C18H22N2O3/c1-23-13-8-9-16-14(10-13)15(11-19-16)17(21)18(22)20-12-6-4-2-3-5-7-12/h8-12,19H,2-7H2,1H3,(H,20,22). The van der Waals surface area contributed by atoms with E-state index in [4.69, 9.17) is 4.74 Å². The van der Waals surface area contributed by atoms with Crippen molar-refractivity contribution >= 4 is 22.6 Å². The largest absolute Gasteiger partial charge is 0.497 e. The fourth-order valence-electron chi connectivity index (χ4n) is 3.21. The molecule has 122 valence electrons. The lowest BCUT2D eigenvalue weighted by Gasteiger charge is -2.15. The molecule has 0 spiro atoms. The lowest BCUT2D eigenvalue weighted by Crippen LogP contribution is -2.39.